The maximum Gasteiger partial charge on any atom is 0.418 e. The van der Waals surface area contributed by atoms with E-state index in [9.17, 15) is 13.2 Å². The number of nitrogens with one attached hydrogen (secondary N) is 1. The molecule has 3 rings (SSSR count). The lowest BCUT2D eigenvalue weighted by atomic mass is 9.96. The van der Waals surface area contributed by atoms with E-state index in [1.807, 2.05) is 6.92 Å². The second kappa shape index (κ2) is 4.74. The van der Waals surface area contributed by atoms with Gasteiger partial charge in [-0.15, -0.1) is 0 Å². The van der Waals surface area contributed by atoms with Crippen molar-refractivity contribution in [3.8, 4) is 0 Å². The summed E-state index contributed by atoms with van der Waals surface area (Å²) in [6, 6.07) is 4.29. The quantitative estimate of drug-likeness (QED) is 0.801. The van der Waals surface area contributed by atoms with Gasteiger partial charge in [0.25, 0.3) is 0 Å². The average Bonchev–Trinajstić information content (AvgIpc) is 2.63. The van der Waals surface area contributed by atoms with Crippen molar-refractivity contribution in [3.05, 3.63) is 40.6 Å². The molecule has 1 aliphatic rings. The minimum atomic E-state index is -4.36. The monoisotopic (exact) mass is 280 g/mol. The first-order chi connectivity index (χ1) is 9.48. The van der Waals surface area contributed by atoms with Gasteiger partial charge in [-0.2, -0.15) is 13.2 Å². The fourth-order valence-electron chi connectivity index (χ4n) is 2.86. The normalized spacial score (nSPS) is 16.0. The van der Waals surface area contributed by atoms with Crippen molar-refractivity contribution < 1.29 is 13.2 Å². The van der Waals surface area contributed by atoms with Crippen molar-refractivity contribution in [1.82, 2.24) is 10.3 Å². The summed E-state index contributed by atoms with van der Waals surface area (Å²) in [7, 11) is 0. The van der Waals surface area contributed by atoms with Gasteiger partial charge in [0.1, 0.15) is 0 Å². The molecule has 2 aromatic rings. The van der Waals surface area contributed by atoms with E-state index in [4.69, 9.17) is 0 Å². The van der Waals surface area contributed by atoms with Gasteiger partial charge in [0.2, 0.25) is 0 Å². The Bertz CT molecular complexity index is 662. The van der Waals surface area contributed by atoms with E-state index in [0.717, 1.165) is 42.4 Å². The van der Waals surface area contributed by atoms with Gasteiger partial charge in [0.15, 0.2) is 0 Å². The predicted molar refractivity (Wildman–Crippen MR) is 71.8 cm³/mol. The summed E-state index contributed by atoms with van der Waals surface area (Å²) in [5, 5.41) is 3.87. The molecule has 0 unspecified atom stereocenters. The zero-order valence-corrected chi connectivity index (χ0v) is 11.1. The van der Waals surface area contributed by atoms with Crippen molar-refractivity contribution in [2.75, 3.05) is 13.1 Å². The second-order valence-corrected chi connectivity index (χ2v) is 5.11. The zero-order valence-electron chi connectivity index (χ0n) is 11.1. The topological polar surface area (TPSA) is 24.9 Å². The third-order valence-electron chi connectivity index (χ3n) is 3.88. The molecule has 0 radical (unpaired) electrons. The Kier molecular flexibility index (Phi) is 3.17. The first-order valence-corrected chi connectivity index (χ1v) is 6.67. The summed E-state index contributed by atoms with van der Waals surface area (Å²) in [4.78, 5) is 4.34. The highest BCUT2D eigenvalue weighted by molar-refractivity contribution is 5.86. The van der Waals surface area contributed by atoms with Crippen LogP contribution in [0.5, 0.6) is 0 Å². The van der Waals surface area contributed by atoms with E-state index in [0.29, 0.717) is 11.8 Å². The molecule has 0 bridgehead atoms. The van der Waals surface area contributed by atoms with Crippen molar-refractivity contribution in [2.45, 2.75) is 25.9 Å². The summed E-state index contributed by atoms with van der Waals surface area (Å²) in [5.41, 5.74) is 2.27. The van der Waals surface area contributed by atoms with Crippen LogP contribution in [-0.2, 0) is 19.0 Å². The Morgan fingerprint density at radius 3 is 2.65 bits per heavy atom. The van der Waals surface area contributed by atoms with Crippen LogP contribution in [0.2, 0.25) is 0 Å². The summed E-state index contributed by atoms with van der Waals surface area (Å²) in [6.07, 6.45) is -2.87. The van der Waals surface area contributed by atoms with E-state index >= 15 is 0 Å². The number of hydrogen-bond donors (Lipinski definition) is 1. The van der Waals surface area contributed by atoms with Gasteiger partial charge in [-0.3, -0.25) is 4.98 Å². The largest absolute Gasteiger partial charge is 0.418 e. The number of aryl methyl sites for hydroxylation is 1. The van der Waals surface area contributed by atoms with E-state index in [1.165, 1.54) is 6.07 Å². The summed E-state index contributed by atoms with van der Waals surface area (Å²) in [5.74, 6) is 0. The summed E-state index contributed by atoms with van der Waals surface area (Å²) in [6.45, 7) is 3.51. The predicted octanol–water partition coefficient (Wildman–Crippen LogP) is 3.25. The highest BCUT2D eigenvalue weighted by Crippen LogP contribution is 2.36. The van der Waals surface area contributed by atoms with Crippen LogP contribution in [-0.4, -0.2) is 18.1 Å². The molecule has 2 nitrogen and oxygen atoms in total. The van der Waals surface area contributed by atoms with Crippen LogP contribution in [0, 0.1) is 6.92 Å². The van der Waals surface area contributed by atoms with E-state index in [-0.39, 0.29) is 5.52 Å². The number of nitrogens with zero attached hydrogens (tertiary/aromatic N) is 1. The molecule has 0 saturated carbocycles. The first-order valence-electron chi connectivity index (χ1n) is 6.67. The number of fused-ring (bicyclic) bond motifs is 2. The maximum atomic E-state index is 13.1. The molecule has 1 aromatic carbocycles. The van der Waals surface area contributed by atoms with Crippen LogP contribution in [0.15, 0.2) is 18.2 Å². The number of halogens is 3. The Morgan fingerprint density at radius 2 is 1.90 bits per heavy atom. The smallest absolute Gasteiger partial charge is 0.316 e. The van der Waals surface area contributed by atoms with Crippen LogP contribution in [0.3, 0.4) is 0 Å². The number of benzene rings is 1. The van der Waals surface area contributed by atoms with Crippen molar-refractivity contribution in [2.24, 2.45) is 0 Å². The fourth-order valence-corrected chi connectivity index (χ4v) is 2.86. The molecule has 106 valence electrons. The van der Waals surface area contributed by atoms with Gasteiger partial charge in [-0.1, -0.05) is 12.1 Å². The molecular weight excluding hydrogens is 265 g/mol. The van der Waals surface area contributed by atoms with E-state index in [1.54, 1.807) is 6.07 Å². The molecule has 5 heteroatoms. The Balaban J connectivity index is 2.32. The number of alkyl halides is 3. The highest BCUT2D eigenvalue weighted by Gasteiger charge is 2.33. The van der Waals surface area contributed by atoms with E-state index in [2.05, 4.69) is 10.3 Å². The number of aromatic nitrogens is 1. The van der Waals surface area contributed by atoms with Gasteiger partial charge in [-0.05, 0) is 37.1 Å². The molecule has 2 heterocycles. The Morgan fingerprint density at radius 1 is 1.15 bits per heavy atom. The van der Waals surface area contributed by atoms with Gasteiger partial charge in [0.05, 0.1) is 11.1 Å². The van der Waals surface area contributed by atoms with Crippen molar-refractivity contribution in [1.29, 1.82) is 0 Å². The van der Waals surface area contributed by atoms with Crippen LogP contribution in [0.1, 0.15) is 22.4 Å². The van der Waals surface area contributed by atoms with Crippen LogP contribution in [0.25, 0.3) is 10.9 Å². The first kappa shape index (κ1) is 13.4. The Hall–Kier alpha value is -1.62. The van der Waals surface area contributed by atoms with Crippen LogP contribution < -0.4 is 5.32 Å². The lowest BCUT2D eigenvalue weighted by Gasteiger charge is -2.15. The zero-order chi connectivity index (χ0) is 14.3. The molecule has 0 fully saturated rings. The van der Waals surface area contributed by atoms with Gasteiger partial charge < -0.3 is 5.32 Å². The molecule has 20 heavy (non-hydrogen) atoms. The number of para-hydroxylation sites is 1. The maximum absolute atomic E-state index is 13.1. The van der Waals surface area contributed by atoms with Gasteiger partial charge >= 0.3 is 6.18 Å². The third-order valence-corrected chi connectivity index (χ3v) is 3.88. The van der Waals surface area contributed by atoms with Crippen LogP contribution >= 0.6 is 0 Å². The SMILES string of the molecule is Cc1c2c(nc3c(C(F)(F)F)cccc13)CCNCC2. The number of pyridine rings is 1. The Labute approximate surface area is 115 Å². The van der Waals surface area contributed by atoms with E-state index < -0.39 is 11.7 Å². The molecular formula is C15H15F3N2. The van der Waals surface area contributed by atoms with Crippen molar-refractivity contribution in [3.63, 3.8) is 0 Å². The highest BCUT2D eigenvalue weighted by atomic mass is 19.4. The summed E-state index contributed by atoms with van der Waals surface area (Å²) >= 11 is 0. The molecule has 0 aliphatic carbocycles. The molecule has 1 aromatic heterocycles. The third kappa shape index (κ3) is 2.16. The fraction of sp³-hybridized carbons (Fsp3) is 0.400. The standard InChI is InChI=1S/C15H15F3N2/c1-9-10-5-7-19-8-6-13(10)20-14-11(9)3-2-4-12(14)15(16,17)18/h2-4,19H,5-8H2,1H3. The minimum Gasteiger partial charge on any atom is -0.316 e. The van der Waals surface area contributed by atoms with Crippen molar-refractivity contribution >= 4 is 10.9 Å². The molecule has 0 spiro atoms. The number of hydrogen-bond acceptors (Lipinski definition) is 2. The molecule has 0 saturated heterocycles. The molecule has 1 aliphatic heterocycles. The number of rotatable bonds is 0. The van der Waals surface area contributed by atoms with Crippen LogP contribution in [0.4, 0.5) is 13.2 Å². The lowest BCUT2D eigenvalue weighted by Crippen LogP contribution is -2.16. The molecule has 0 amide bonds. The minimum absolute atomic E-state index is 0.0816. The molecule has 1 N–H and O–H groups in total. The van der Waals surface area contributed by atoms with Gasteiger partial charge in [0, 0.05) is 24.0 Å². The average molecular weight is 280 g/mol. The molecule has 0 atom stereocenters. The second-order valence-electron chi connectivity index (χ2n) is 5.11. The van der Waals surface area contributed by atoms with Gasteiger partial charge in [-0.25, -0.2) is 0 Å². The lowest BCUT2D eigenvalue weighted by molar-refractivity contribution is -0.136. The summed E-state index contributed by atoms with van der Waals surface area (Å²) < 4.78 is 39.3.